The predicted molar refractivity (Wildman–Crippen MR) is 133 cm³/mol. The monoisotopic (exact) mass is 535 g/mol. The molecule has 1 heterocycles. The van der Waals surface area contributed by atoms with E-state index in [1.54, 1.807) is 0 Å². The van der Waals surface area contributed by atoms with Gasteiger partial charge in [-0.1, -0.05) is 26.3 Å². The molecule has 1 N–H and O–H groups in total. The minimum atomic E-state index is -1.25. The van der Waals surface area contributed by atoms with E-state index in [0.29, 0.717) is 0 Å². The normalized spacial score (nSPS) is 16.4. The number of hydrogen-bond donors (Lipinski definition) is 1. The van der Waals surface area contributed by atoms with E-state index in [9.17, 15) is 28.8 Å². The van der Waals surface area contributed by atoms with Gasteiger partial charge in [0.1, 0.15) is 6.61 Å². The van der Waals surface area contributed by atoms with Gasteiger partial charge in [0, 0.05) is 17.6 Å². The number of alkyl carbamates (subject to hydrolysis) is 1. The zero-order chi connectivity index (χ0) is 28.8. The first-order chi connectivity index (χ1) is 17.9. The van der Waals surface area contributed by atoms with Gasteiger partial charge in [-0.05, 0) is 32.4 Å². The van der Waals surface area contributed by atoms with E-state index in [1.807, 2.05) is 0 Å². The number of amides is 3. The molecule has 0 saturated carbocycles. The third-order valence-corrected chi connectivity index (χ3v) is 4.89. The Hall–Kier alpha value is -4.42. The molecule has 1 saturated heterocycles. The highest BCUT2D eigenvalue weighted by Crippen LogP contribution is 2.20. The zero-order valence-corrected chi connectivity index (χ0v) is 21.6. The van der Waals surface area contributed by atoms with E-state index in [2.05, 4.69) is 31.6 Å². The lowest BCUT2D eigenvalue weighted by Crippen LogP contribution is -2.63. The molecule has 0 aliphatic carbocycles. The lowest BCUT2D eigenvalue weighted by Gasteiger charge is -2.43. The quantitative estimate of drug-likeness (QED) is 0.156. The number of carbonyl (C=O) groups excluding carboxylic acids is 6. The summed E-state index contributed by atoms with van der Waals surface area (Å²) in [4.78, 5) is 74.6. The number of piperazine rings is 1. The third kappa shape index (κ3) is 10.3. The number of nitrogens with one attached hydrogen (secondary N) is 1. The van der Waals surface area contributed by atoms with Crippen LogP contribution in [0.15, 0.2) is 49.6 Å². The second kappa shape index (κ2) is 15.6. The largest absolute Gasteiger partial charge is 0.462 e. The van der Waals surface area contributed by atoms with Crippen molar-refractivity contribution in [1.82, 2.24) is 15.1 Å². The molecule has 0 bridgehead atoms. The van der Waals surface area contributed by atoms with Gasteiger partial charge < -0.3 is 24.3 Å². The molecule has 1 aliphatic heterocycles. The number of ether oxygens (including phenoxy) is 4. The molecule has 1 aliphatic rings. The topological polar surface area (TPSA) is 158 Å². The summed E-state index contributed by atoms with van der Waals surface area (Å²) in [6.45, 7) is 15.8. The van der Waals surface area contributed by atoms with Crippen LogP contribution in [0.25, 0.3) is 0 Å². The molecular weight excluding hydrogens is 502 g/mol. The van der Waals surface area contributed by atoms with Gasteiger partial charge >= 0.3 is 24.0 Å². The van der Waals surface area contributed by atoms with Gasteiger partial charge in [-0.15, -0.1) is 0 Å². The highest BCUT2D eigenvalue weighted by atomic mass is 16.6. The Morgan fingerprint density at radius 2 is 1.29 bits per heavy atom. The average Bonchev–Trinajstić information content (AvgIpc) is 2.88. The summed E-state index contributed by atoms with van der Waals surface area (Å²) in [5, 5.41) is 2.36. The Morgan fingerprint density at radius 3 is 1.76 bits per heavy atom. The minimum Gasteiger partial charge on any atom is -0.462 e. The smallest absolute Gasteiger partial charge is 0.409 e. The molecule has 0 aromatic rings. The first-order valence-corrected chi connectivity index (χ1v) is 11.6. The first-order valence-electron chi connectivity index (χ1n) is 11.6. The average molecular weight is 536 g/mol. The summed E-state index contributed by atoms with van der Waals surface area (Å²) in [6.07, 6.45) is -1.43. The fourth-order valence-electron chi connectivity index (χ4n) is 2.97. The standard InChI is InChI=1S/C25H33N3O10/c1-7-18(29)27-15-21(38-25(34)26-11-13-36-24(33)17(5)6)28(19(30)8-2)14-20(27)37-22(31)10-9-12-35-23(32)16(3)4/h7-8,20-21H,1-3,5,9-15H2,4,6H3,(H,26,34). The number of esters is 3. The Labute approximate surface area is 220 Å². The molecule has 0 spiro atoms. The Morgan fingerprint density at radius 1 is 0.816 bits per heavy atom. The molecule has 0 aromatic carbocycles. The Kier molecular flexibility index (Phi) is 13.0. The van der Waals surface area contributed by atoms with Crippen molar-refractivity contribution in [1.29, 1.82) is 0 Å². The van der Waals surface area contributed by atoms with Crippen molar-refractivity contribution < 1.29 is 47.7 Å². The molecule has 0 radical (unpaired) electrons. The fraction of sp³-hybridized carbons (Fsp3) is 0.440. The van der Waals surface area contributed by atoms with Crippen molar-refractivity contribution in [3.05, 3.63) is 49.6 Å². The van der Waals surface area contributed by atoms with E-state index in [1.165, 1.54) is 13.8 Å². The third-order valence-electron chi connectivity index (χ3n) is 4.89. The molecule has 13 nitrogen and oxygen atoms in total. The van der Waals surface area contributed by atoms with Crippen LogP contribution in [0.2, 0.25) is 0 Å². The van der Waals surface area contributed by atoms with Gasteiger partial charge in [0.05, 0.1) is 26.2 Å². The molecule has 2 atom stereocenters. The van der Waals surface area contributed by atoms with Crippen molar-refractivity contribution in [2.75, 3.05) is 32.8 Å². The Balaban J connectivity index is 2.81. The van der Waals surface area contributed by atoms with Crippen LogP contribution in [0, 0.1) is 0 Å². The van der Waals surface area contributed by atoms with Gasteiger partial charge in [0.2, 0.25) is 11.8 Å². The van der Waals surface area contributed by atoms with Gasteiger partial charge in [-0.25, -0.2) is 14.4 Å². The number of nitrogens with zero attached hydrogens (tertiary/aromatic N) is 2. The highest BCUT2D eigenvalue weighted by Gasteiger charge is 2.41. The van der Waals surface area contributed by atoms with Crippen molar-refractivity contribution in [2.45, 2.75) is 39.1 Å². The van der Waals surface area contributed by atoms with Crippen LogP contribution in [-0.4, -0.2) is 90.9 Å². The van der Waals surface area contributed by atoms with Crippen molar-refractivity contribution in [2.24, 2.45) is 0 Å². The molecule has 0 aromatic heterocycles. The van der Waals surface area contributed by atoms with E-state index >= 15 is 0 Å². The van der Waals surface area contributed by atoms with E-state index in [-0.39, 0.29) is 56.8 Å². The molecule has 208 valence electrons. The summed E-state index contributed by atoms with van der Waals surface area (Å²) in [5.74, 6) is -3.20. The van der Waals surface area contributed by atoms with E-state index in [0.717, 1.165) is 22.0 Å². The van der Waals surface area contributed by atoms with Gasteiger partial charge in [0.15, 0.2) is 12.5 Å². The van der Waals surface area contributed by atoms with Crippen molar-refractivity contribution >= 4 is 35.8 Å². The number of rotatable bonds is 13. The second-order valence-corrected chi connectivity index (χ2v) is 8.06. The maximum atomic E-state index is 12.5. The van der Waals surface area contributed by atoms with Crippen LogP contribution in [0.3, 0.4) is 0 Å². The van der Waals surface area contributed by atoms with Crippen LogP contribution in [0.1, 0.15) is 26.7 Å². The molecule has 3 amide bonds. The van der Waals surface area contributed by atoms with Crippen LogP contribution in [-0.2, 0) is 42.9 Å². The maximum Gasteiger partial charge on any atom is 0.409 e. The predicted octanol–water partition coefficient (Wildman–Crippen LogP) is 0.970. The van der Waals surface area contributed by atoms with Crippen molar-refractivity contribution in [3.63, 3.8) is 0 Å². The summed E-state index contributed by atoms with van der Waals surface area (Å²) in [5.41, 5.74) is 0.416. The summed E-state index contributed by atoms with van der Waals surface area (Å²) < 4.78 is 20.5. The van der Waals surface area contributed by atoms with Crippen LogP contribution in [0.4, 0.5) is 4.79 Å². The minimum absolute atomic E-state index is 0.0424. The van der Waals surface area contributed by atoms with Gasteiger partial charge in [0.25, 0.3) is 0 Å². The summed E-state index contributed by atoms with van der Waals surface area (Å²) >= 11 is 0. The maximum absolute atomic E-state index is 12.5. The molecule has 2 unspecified atom stereocenters. The molecule has 1 fully saturated rings. The highest BCUT2D eigenvalue weighted by molar-refractivity contribution is 5.90. The lowest BCUT2D eigenvalue weighted by molar-refractivity contribution is -0.188. The summed E-state index contributed by atoms with van der Waals surface area (Å²) in [7, 11) is 0. The molecule has 38 heavy (non-hydrogen) atoms. The fourth-order valence-corrected chi connectivity index (χ4v) is 2.97. The second-order valence-electron chi connectivity index (χ2n) is 8.06. The van der Waals surface area contributed by atoms with Crippen LogP contribution >= 0.6 is 0 Å². The summed E-state index contributed by atoms with van der Waals surface area (Å²) in [6, 6.07) is 0. The molecule has 1 rings (SSSR count). The van der Waals surface area contributed by atoms with Gasteiger partial charge in [-0.2, -0.15) is 0 Å². The van der Waals surface area contributed by atoms with Gasteiger partial charge in [-0.3, -0.25) is 24.2 Å². The first kappa shape index (κ1) is 31.6. The SMILES string of the molecule is C=CC(=O)N1CC(OC(=O)NCCOC(=O)C(=C)C)N(C(=O)C=C)CC1OC(=O)CCCOC(=O)C(=C)C. The van der Waals surface area contributed by atoms with E-state index in [4.69, 9.17) is 18.9 Å². The molecule has 13 heteroatoms. The number of carbonyl (C=O) groups is 6. The van der Waals surface area contributed by atoms with Crippen molar-refractivity contribution in [3.8, 4) is 0 Å². The lowest BCUT2D eigenvalue weighted by atomic mass is 10.2. The Bertz CT molecular complexity index is 912. The zero-order valence-electron chi connectivity index (χ0n) is 21.6. The number of hydrogen-bond acceptors (Lipinski definition) is 10. The molecular formula is C25H33N3O10. The van der Waals surface area contributed by atoms with Crippen LogP contribution in [0.5, 0.6) is 0 Å². The van der Waals surface area contributed by atoms with E-state index < -0.39 is 48.3 Å². The van der Waals surface area contributed by atoms with Crippen LogP contribution < -0.4 is 5.32 Å².